The third kappa shape index (κ3) is 2.09. The molecule has 9 heavy (non-hydrogen) atoms. The largest absolute Gasteiger partial charge is 0.359 e. The number of thiazole rings is 1. The molecule has 0 bridgehead atoms. The van der Waals surface area contributed by atoms with Gasteiger partial charge in [0, 0.05) is 11.6 Å². The fraction of sp³-hybridized carbons (Fsp3) is 0.400. The van der Waals surface area contributed by atoms with E-state index in [1.54, 1.807) is 17.5 Å². The van der Waals surface area contributed by atoms with Gasteiger partial charge in [-0.1, -0.05) is 0 Å². The van der Waals surface area contributed by atoms with Crippen LogP contribution in [0.1, 0.15) is 5.01 Å². The van der Waals surface area contributed by atoms with Crippen LogP contribution in [-0.2, 0) is 11.3 Å². The van der Waals surface area contributed by atoms with Crippen molar-refractivity contribution in [2.24, 2.45) is 5.73 Å². The summed E-state index contributed by atoms with van der Waals surface area (Å²) < 4.78 is 4.90. The minimum Gasteiger partial charge on any atom is -0.359 e. The Hall–Kier alpha value is -0.450. The van der Waals surface area contributed by atoms with Gasteiger partial charge in [0.1, 0.15) is 11.6 Å². The molecular formula is C5H8N2OS. The lowest BCUT2D eigenvalue weighted by atomic mass is 10.7. The highest BCUT2D eigenvalue weighted by atomic mass is 32.1. The number of ether oxygens (including phenoxy) is 1. The quantitative estimate of drug-likeness (QED) is 0.631. The number of nitrogens with two attached hydrogens (primary N) is 1. The second-order valence-electron chi connectivity index (χ2n) is 1.44. The zero-order valence-electron chi connectivity index (χ0n) is 4.91. The van der Waals surface area contributed by atoms with Crippen LogP contribution in [0.15, 0.2) is 11.6 Å². The van der Waals surface area contributed by atoms with Crippen LogP contribution in [0.4, 0.5) is 0 Å². The Balaban J connectivity index is 2.30. The second-order valence-corrected chi connectivity index (χ2v) is 2.42. The Morgan fingerprint density at radius 2 is 2.67 bits per heavy atom. The Kier molecular flexibility index (Phi) is 2.63. The average molecular weight is 144 g/mol. The predicted octanol–water partition coefficient (Wildman–Crippen LogP) is 0.576. The lowest BCUT2D eigenvalue weighted by molar-refractivity contribution is 0.127. The van der Waals surface area contributed by atoms with Gasteiger partial charge in [-0.3, -0.25) is 0 Å². The molecular weight excluding hydrogens is 136 g/mol. The molecule has 1 aromatic rings. The zero-order chi connectivity index (χ0) is 6.53. The summed E-state index contributed by atoms with van der Waals surface area (Å²) >= 11 is 1.57. The van der Waals surface area contributed by atoms with E-state index in [-0.39, 0.29) is 6.73 Å². The Morgan fingerprint density at radius 3 is 3.22 bits per heavy atom. The van der Waals surface area contributed by atoms with E-state index in [1.807, 2.05) is 5.38 Å². The molecule has 0 fully saturated rings. The molecule has 0 aliphatic heterocycles. The molecule has 0 unspecified atom stereocenters. The normalized spacial score (nSPS) is 9.89. The van der Waals surface area contributed by atoms with E-state index in [2.05, 4.69) is 4.98 Å². The first-order chi connectivity index (χ1) is 4.43. The maximum absolute atomic E-state index is 5.10. The zero-order valence-corrected chi connectivity index (χ0v) is 5.73. The van der Waals surface area contributed by atoms with Gasteiger partial charge in [-0.2, -0.15) is 0 Å². The van der Waals surface area contributed by atoms with Crippen LogP contribution < -0.4 is 5.73 Å². The lowest BCUT2D eigenvalue weighted by Crippen LogP contribution is -2.03. The van der Waals surface area contributed by atoms with Crippen molar-refractivity contribution in [3.8, 4) is 0 Å². The van der Waals surface area contributed by atoms with Crippen molar-refractivity contribution in [2.45, 2.75) is 6.61 Å². The van der Waals surface area contributed by atoms with Crippen LogP contribution in [-0.4, -0.2) is 11.7 Å². The van der Waals surface area contributed by atoms with Gasteiger partial charge >= 0.3 is 0 Å². The number of rotatable bonds is 3. The minimum absolute atomic E-state index is 0.263. The summed E-state index contributed by atoms with van der Waals surface area (Å²) in [5.41, 5.74) is 5.10. The smallest absolute Gasteiger partial charge is 0.118 e. The van der Waals surface area contributed by atoms with E-state index in [0.29, 0.717) is 6.61 Å². The first kappa shape index (κ1) is 6.67. The maximum Gasteiger partial charge on any atom is 0.118 e. The van der Waals surface area contributed by atoms with Gasteiger partial charge in [0.15, 0.2) is 0 Å². The summed E-state index contributed by atoms with van der Waals surface area (Å²) in [6.07, 6.45) is 1.75. The predicted molar refractivity (Wildman–Crippen MR) is 36.0 cm³/mol. The molecule has 0 saturated heterocycles. The molecule has 0 saturated carbocycles. The monoisotopic (exact) mass is 144 g/mol. The summed E-state index contributed by atoms with van der Waals surface area (Å²) in [7, 11) is 0. The Bertz CT molecular complexity index is 152. The van der Waals surface area contributed by atoms with Crippen molar-refractivity contribution in [1.29, 1.82) is 0 Å². The van der Waals surface area contributed by atoms with Crippen molar-refractivity contribution in [3.63, 3.8) is 0 Å². The van der Waals surface area contributed by atoms with Crippen molar-refractivity contribution >= 4 is 11.3 Å². The molecule has 50 valence electrons. The van der Waals surface area contributed by atoms with E-state index in [4.69, 9.17) is 10.5 Å². The van der Waals surface area contributed by atoms with Gasteiger partial charge < -0.3 is 10.5 Å². The van der Waals surface area contributed by atoms with Gasteiger partial charge in [0.05, 0.1) is 6.73 Å². The van der Waals surface area contributed by atoms with Gasteiger partial charge in [-0.15, -0.1) is 11.3 Å². The summed E-state index contributed by atoms with van der Waals surface area (Å²) in [4.78, 5) is 3.99. The Morgan fingerprint density at radius 1 is 1.78 bits per heavy atom. The van der Waals surface area contributed by atoms with Gasteiger partial charge in [0.25, 0.3) is 0 Å². The number of hydrogen-bond acceptors (Lipinski definition) is 4. The number of nitrogens with zero attached hydrogens (tertiary/aromatic N) is 1. The molecule has 0 spiro atoms. The molecule has 1 aromatic heterocycles. The molecule has 4 heteroatoms. The van der Waals surface area contributed by atoms with E-state index in [1.165, 1.54) is 0 Å². The number of aromatic nitrogens is 1. The SMILES string of the molecule is NCOCc1nccs1. The van der Waals surface area contributed by atoms with Crippen LogP contribution in [0.25, 0.3) is 0 Å². The first-order valence-electron chi connectivity index (χ1n) is 2.59. The minimum atomic E-state index is 0.263. The first-order valence-corrected chi connectivity index (χ1v) is 3.47. The summed E-state index contributed by atoms with van der Waals surface area (Å²) in [5.74, 6) is 0. The molecule has 2 N–H and O–H groups in total. The molecule has 0 aliphatic carbocycles. The van der Waals surface area contributed by atoms with Crippen LogP contribution in [0, 0.1) is 0 Å². The molecule has 3 nitrogen and oxygen atoms in total. The van der Waals surface area contributed by atoms with E-state index >= 15 is 0 Å². The molecule has 0 aromatic carbocycles. The fourth-order valence-corrected chi connectivity index (χ4v) is 1.02. The van der Waals surface area contributed by atoms with E-state index < -0.39 is 0 Å². The second kappa shape index (κ2) is 3.55. The highest BCUT2D eigenvalue weighted by Crippen LogP contribution is 2.03. The highest BCUT2D eigenvalue weighted by Gasteiger charge is 1.91. The van der Waals surface area contributed by atoms with Crippen molar-refractivity contribution in [3.05, 3.63) is 16.6 Å². The standard InChI is InChI=1S/C5H8N2OS/c6-4-8-3-5-7-1-2-9-5/h1-2H,3-4,6H2. The van der Waals surface area contributed by atoms with Gasteiger partial charge in [0.2, 0.25) is 0 Å². The van der Waals surface area contributed by atoms with Crippen molar-refractivity contribution in [2.75, 3.05) is 6.73 Å². The topological polar surface area (TPSA) is 48.1 Å². The molecule has 0 amide bonds. The molecule has 0 radical (unpaired) electrons. The molecule has 1 heterocycles. The van der Waals surface area contributed by atoms with Crippen LogP contribution in [0.2, 0.25) is 0 Å². The third-order valence-corrected chi connectivity index (χ3v) is 1.58. The van der Waals surface area contributed by atoms with Gasteiger partial charge in [-0.25, -0.2) is 4.98 Å². The molecule has 0 aliphatic rings. The fourth-order valence-electron chi connectivity index (χ4n) is 0.470. The summed E-state index contributed by atoms with van der Waals surface area (Å²) in [6, 6.07) is 0. The van der Waals surface area contributed by atoms with E-state index in [0.717, 1.165) is 5.01 Å². The number of hydrogen-bond donors (Lipinski definition) is 1. The van der Waals surface area contributed by atoms with Crippen molar-refractivity contribution in [1.82, 2.24) is 4.98 Å². The van der Waals surface area contributed by atoms with Crippen LogP contribution in [0.5, 0.6) is 0 Å². The lowest BCUT2D eigenvalue weighted by Gasteiger charge is -1.93. The average Bonchev–Trinajstić information content (AvgIpc) is 2.34. The molecule has 0 atom stereocenters. The van der Waals surface area contributed by atoms with Crippen LogP contribution >= 0.6 is 11.3 Å². The van der Waals surface area contributed by atoms with E-state index in [9.17, 15) is 0 Å². The Labute approximate surface area is 57.5 Å². The maximum atomic E-state index is 5.10. The van der Waals surface area contributed by atoms with Crippen LogP contribution in [0.3, 0.4) is 0 Å². The van der Waals surface area contributed by atoms with Gasteiger partial charge in [-0.05, 0) is 0 Å². The summed E-state index contributed by atoms with van der Waals surface area (Å²) in [6.45, 7) is 0.799. The summed E-state index contributed by atoms with van der Waals surface area (Å²) in [5, 5.41) is 2.88. The molecule has 1 rings (SSSR count). The van der Waals surface area contributed by atoms with Crippen molar-refractivity contribution < 1.29 is 4.74 Å². The third-order valence-electron chi connectivity index (χ3n) is 0.827. The highest BCUT2D eigenvalue weighted by molar-refractivity contribution is 7.09.